The van der Waals surface area contributed by atoms with Crippen molar-refractivity contribution in [3.8, 4) is 0 Å². The maximum absolute atomic E-state index is 11.9. The molecule has 5 heteroatoms. The van der Waals surface area contributed by atoms with E-state index in [0.717, 1.165) is 16.7 Å². The normalized spacial score (nSPS) is 13.2. The standard InChI is InChI=1S/C16H17BrN2OS/c17-12-4-2-5-13(8-12)19-16(20)10-18-9-14-7-11-3-1-6-15(11)21-14/h2,4-5,7-8,18H,1,3,6,9-10H2,(H,19,20). The zero-order chi connectivity index (χ0) is 14.7. The zero-order valence-corrected chi connectivity index (χ0v) is 14.0. The van der Waals surface area contributed by atoms with Crippen LogP contribution in [-0.2, 0) is 24.2 Å². The lowest BCUT2D eigenvalue weighted by Crippen LogP contribution is -2.27. The third-order valence-corrected chi connectivity index (χ3v) is 5.22. The fraction of sp³-hybridized carbons (Fsp3) is 0.312. The molecule has 0 fully saturated rings. The third kappa shape index (κ3) is 3.93. The molecule has 110 valence electrons. The molecule has 1 aromatic carbocycles. The Morgan fingerprint density at radius 2 is 2.19 bits per heavy atom. The first-order chi connectivity index (χ1) is 10.2. The van der Waals surface area contributed by atoms with Gasteiger partial charge in [0, 0.05) is 26.5 Å². The summed E-state index contributed by atoms with van der Waals surface area (Å²) in [5, 5.41) is 6.09. The lowest BCUT2D eigenvalue weighted by Gasteiger charge is -2.06. The molecule has 1 aliphatic carbocycles. The average Bonchev–Trinajstić information content (AvgIpc) is 2.99. The summed E-state index contributed by atoms with van der Waals surface area (Å²) in [5.41, 5.74) is 2.32. The number of hydrogen-bond acceptors (Lipinski definition) is 3. The number of aryl methyl sites for hydroxylation is 2. The van der Waals surface area contributed by atoms with Crippen LogP contribution in [0, 0.1) is 0 Å². The molecule has 1 heterocycles. The number of benzene rings is 1. The Morgan fingerprint density at radius 1 is 1.29 bits per heavy atom. The van der Waals surface area contributed by atoms with Gasteiger partial charge in [0.25, 0.3) is 0 Å². The number of thiophene rings is 1. The molecule has 1 aliphatic rings. The number of rotatable bonds is 5. The molecule has 0 saturated carbocycles. The predicted molar refractivity (Wildman–Crippen MR) is 90.8 cm³/mol. The van der Waals surface area contributed by atoms with Crippen LogP contribution < -0.4 is 10.6 Å². The molecule has 0 spiro atoms. The molecule has 3 nitrogen and oxygen atoms in total. The lowest BCUT2D eigenvalue weighted by molar-refractivity contribution is -0.115. The monoisotopic (exact) mass is 364 g/mol. The Bertz CT molecular complexity index is 632. The lowest BCUT2D eigenvalue weighted by atomic mass is 10.2. The predicted octanol–water partition coefficient (Wildman–Crippen LogP) is 3.73. The van der Waals surface area contributed by atoms with E-state index in [1.165, 1.54) is 34.6 Å². The molecule has 0 radical (unpaired) electrons. The summed E-state index contributed by atoms with van der Waals surface area (Å²) in [7, 11) is 0. The van der Waals surface area contributed by atoms with Crippen LogP contribution in [0.4, 0.5) is 5.69 Å². The molecule has 1 amide bonds. The van der Waals surface area contributed by atoms with Gasteiger partial charge in [-0.05, 0) is 49.1 Å². The molecular weight excluding hydrogens is 348 g/mol. The average molecular weight is 365 g/mol. The third-order valence-electron chi connectivity index (χ3n) is 3.49. The number of anilines is 1. The second-order valence-electron chi connectivity index (χ2n) is 5.18. The van der Waals surface area contributed by atoms with Crippen LogP contribution in [0.1, 0.15) is 21.7 Å². The largest absolute Gasteiger partial charge is 0.325 e. The molecule has 0 bridgehead atoms. The highest BCUT2D eigenvalue weighted by Crippen LogP contribution is 2.30. The summed E-state index contributed by atoms with van der Waals surface area (Å²) in [6, 6.07) is 9.89. The van der Waals surface area contributed by atoms with Crippen molar-refractivity contribution in [2.45, 2.75) is 25.8 Å². The second kappa shape index (κ2) is 6.73. The van der Waals surface area contributed by atoms with Crippen molar-refractivity contribution in [2.24, 2.45) is 0 Å². The van der Waals surface area contributed by atoms with E-state index in [2.05, 4.69) is 32.6 Å². The van der Waals surface area contributed by atoms with Crippen molar-refractivity contribution in [1.29, 1.82) is 0 Å². The Labute approximate surface area is 136 Å². The molecule has 2 N–H and O–H groups in total. The van der Waals surface area contributed by atoms with Gasteiger partial charge in [0.15, 0.2) is 0 Å². The number of hydrogen-bond donors (Lipinski definition) is 2. The van der Waals surface area contributed by atoms with Crippen LogP contribution in [0.5, 0.6) is 0 Å². The quantitative estimate of drug-likeness (QED) is 0.848. The number of fused-ring (bicyclic) bond motifs is 1. The van der Waals surface area contributed by atoms with E-state index in [4.69, 9.17) is 0 Å². The van der Waals surface area contributed by atoms with Gasteiger partial charge in [-0.25, -0.2) is 0 Å². The van der Waals surface area contributed by atoms with E-state index < -0.39 is 0 Å². The van der Waals surface area contributed by atoms with Gasteiger partial charge in [0.2, 0.25) is 5.91 Å². The van der Waals surface area contributed by atoms with Crippen molar-refractivity contribution in [3.05, 3.63) is 50.1 Å². The van der Waals surface area contributed by atoms with E-state index in [-0.39, 0.29) is 5.91 Å². The van der Waals surface area contributed by atoms with Crippen LogP contribution in [-0.4, -0.2) is 12.5 Å². The minimum atomic E-state index is -0.0165. The van der Waals surface area contributed by atoms with Gasteiger partial charge in [-0.2, -0.15) is 0 Å². The highest BCUT2D eigenvalue weighted by molar-refractivity contribution is 9.10. The summed E-state index contributed by atoms with van der Waals surface area (Å²) in [4.78, 5) is 14.7. The highest BCUT2D eigenvalue weighted by atomic mass is 79.9. The minimum absolute atomic E-state index is 0.0165. The minimum Gasteiger partial charge on any atom is -0.325 e. The Kier molecular flexibility index (Phi) is 4.73. The maximum atomic E-state index is 11.9. The van der Waals surface area contributed by atoms with E-state index in [0.29, 0.717) is 6.54 Å². The van der Waals surface area contributed by atoms with Crippen LogP contribution in [0.25, 0.3) is 0 Å². The topological polar surface area (TPSA) is 41.1 Å². The first-order valence-electron chi connectivity index (χ1n) is 7.07. The fourth-order valence-electron chi connectivity index (χ4n) is 2.55. The van der Waals surface area contributed by atoms with Crippen LogP contribution in [0.15, 0.2) is 34.8 Å². The van der Waals surface area contributed by atoms with Gasteiger partial charge in [0.1, 0.15) is 0 Å². The van der Waals surface area contributed by atoms with E-state index >= 15 is 0 Å². The second-order valence-corrected chi connectivity index (χ2v) is 7.31. The molecule has 0 atom stereocenters. The smallest absolute Gasteiger partial charge is 0.238 e. The van der Waals surface area contributed by atoms with Gasteiger partial charge < -0.3 is 10.6 Å². The van der Waals surface area contributed by atoms with Crippen molar-refractivity contribution in [2.75, 3.05) is 11.9 Å². The van der Waals surface area contributed by atoms with Gasteiger partial charge in [-0.15, -0.1) is 11.3 Å². The molecule has 0 aliphatic heterocycles. The van der Waals surface area contributed by atoms with Crippen LogP contribution in [0.3, 0.4) is 0 Å². The first-order valence-corrected chi connectivity index (χ1v) is 8.68. The van der Waals surface area contributed by atoms with Gasteiger partial charge in [-0.3, -0.25) is 4.79 Å². The number of amides is 1. The number of nitrogens with one attached hydrogen (secondary N) is 2. The molecule has 21 heavy (non-hydrogen) atoms. The first kappa shape index (κ1) is 14.8. The highest BCUT2D eigenvalue weighted by Gasteiger charge is 2.14. The maximum Gasteiger partial charge on any atom is 0.238 e. The summed E-state index contributed by atoms with van der Waals surface area (Å²) >= 11 is 5.27. The van der Waals surface area contributed by atoms with E-state index in [9.17, 15) is 4.79 Å². The molecule has 1 aromatic heterocycles. The van der Waals surface area contributed by atoms with Gasteiger partial charge >= 0.3 is 0 Å². The summed E-state index contributed by atoms with van der Waals surface area (Å²) in [6.45, 7) is 1.10. The van der Waals surface area contributed by atoms with Crippen LogP contribution >= 0.6 is 27.3 Å². The molecule has 0 unspecified atom stereocenters. The number of carbonyl (C=O) groups excluding carboxylic acids is 1. The Hall–Kier alpha value is -1.17. The Balaban J connectivity index is 1.45. The SMILES string of the molecule is O=C(CNCc1cc2c(s1)CCC2)Nc1cccc(Br)c1. The van der Waals surface area contributed by atoms with Crippen molar-refractivity contribution in [3.63, 3.8) is 0 Å². The molecule has 3 rings (SSSR count). The number of carbonyl (C=O) groups is 1. The fourth-order valence-corrected chi connectivity index (χ4v) is 4.18. The van der Waals surface area contributed by atoms with Gasteiger partial charge in [0.05, 0.1) is 6.54 Å². The number of halogens is 1. The van der Waals surface area contributed by atoms with E-state index in [1.807, 2.05) is 35.6 Å². The summed E-state index contributed by atoms with van der Waals surface area (Å²) < 4.78 is 0.960. The zero-order valence-electron chi connectivity index (χ0n) is 11.6. The van der Waals surface area contributed by atoms with Crippen LogP contribution in [0.2, 0.25) is 0 Å². The van der Waals surface area contributed by atoms with E-state index in [1.54, 1.807) is 0 Å². The molecular formula is C16H17BrN2OS. The van der Waals surface area contributed by atoms with Crippen molar-refractivity contribution >= 4 is 38.9 Å². The summed E-state index contributed by atoms with van der Waals surface area (Å²) in [6.07, 6.45) is 3.74. The molecule has 2 aromatic rings. The Morgan fingerprint density at radius 3 is 3.00 bits per heavy atom. The van der Waals surface area contributed by atoms with Crippen molar-refractivity contribution < 1.29 is 4.79 Å². The molecule has 0 saturated heterocycles. The summed E-state index contributed by atoms with van der Waals surface area (Å²) in [5.74, 6) is -0.0165. The van der Waals surface area contributed by atoms with Crippen molar-refractivity contribution in [1.82, 2.24) is 5.32 Å². The van der Waals surface area contributed by atoms with Gasteiger partial charge in [-0.1, -0.05) is 22.0 Å².